The Hall–Kier alpha value is -1.55. The van der Waals surface area contributed by atoms with Gasteiger partial charge in [-0.25, -0.2) is 4.79 Å². The fourth-order valence-corrected chi connectivity index (χ4v) is 2.25. The Balaban J connectivity index is 2.07. The van der Waals surface area contributed by atoms with Crippen LogP contribution in [0.5, 0.6) is 0 Å². The fourth-order valence-electron chi connectivity index (χ4n) is 2.03. The third-order valence-corrected chi connectivity index (χ3v) is 3.54. The van der Waals surface area contributed by atoms with E-state index in [1.165, 1.54) is 0 Å². The summed E-state index contributed by atoms with van der Waals surface area (Å²) in [6.07, 6.45) is 2.62. The maximum Gasteiger partial charge on any atom is 0.326 e. The molecule has 2 N–H and O–H groups in total. The van der Waals surface area contributed by atoms with Crippen molar-refractivity contribution in [1.82, 2.24) is 5.32 Å². The first-order chi connectivity index (χ1) is 8.97. The zero-order valence-corrected chi connectivity index (χ0v) is 11.4. The first-order valence-corrected chi connectivity index (χ1v) is 6.65. The maximum atomic E-state index is 12.1. The second-order valence-corrected chi connectivity index (χ2v) is 5.44. The van der Waals surface area contributed by atoms with Crippen LogP contribution in [0.3, 0.4) is 0 Å². The minimum absolute atomic E-state index is 0.359. The molecule has 19 heavy (non-hydrogen) atoms. The summed E-state index contributed by atoms with van der Waals surface area (Å²) in [6, 6.07) is 4.12. The van der Waals surface area contributed by atoms with E-state index in [4.69, 9.17) is 16.7 Å². The normalized spacial score (nSPS) is 15.9. The van der Waals surface area contributed by atoms with Gasteiger partial charge in [-0.05, 0) is 43.0 Å². The number of benzene rings is 1. The van der Waals surface area contributed by atoms with Gasteiger partial charge in [-0.2, -0.15) is 0 Å². The highest BCUT2D eigenvalue weighted by Gasteiger charge is 2.30. The second-order valence-electron chi connectivity index (χ2n) is 5.00. The minimum Gasteiger partial charge on any atom is -0.480 e. The number of carboxylic acid groups (broad SMARTS) is 1. The SMILES string of the molecule is Cc1cc(Cl)ccc1C(=O)NC(CC1CC1)C(=O)O. The van der Waals surface area contributed by atoms with Crippen molar-refractivity contribution < 1.29 is 14.7 Å². The molecule has 0 spiro atoms. The van der Waals surface area contributed by atoms with Gasteiger partial charge in [0.05, 0.1) is 0 Å². The number of aliphatic carboxylic acids is 1. The van der Waals surface area contributed by atoms with E-state index in [-0.39, 0.29) is 5.91 Å². The predicted octanol–water partition coefficient (Wildman–Crippen LogP) is 2.63. The Morgan fingerprint density at radius 3 is 2.68 bits per heavy atom. The van der Waals surface area contributed by atoms with Crippen LogP contribution >= 0.6 is 11.6 Å². The number of carbonyl (C=O) groups is 2. The Kier molecular flexibility index (Phi) is 4.10. The molecule has 1 aliphatic carbocycles. The van der Waals surface area contributed by atoms with E-state index in [2.05, 4.69) is 5.32 Å². The Labute approximate surface area is 116 Å². The van der Waals surface area contributed by atoms with Crippen molar-refractivity contribution in [2.75, 3.05) is 0 Å². The summed E-state index contributed by atoms with van der Waals surface area (Å²) in [7, 11) is 0. The van der Waals surface area contributed by atoms with Crippen LogP contribution in [0.1, 0.15) is 35.2 Å². The quantitative estimate of drug-likeness (QED) is 0.872. The Morgan fingerprint density at radius 2 is 2.16 bits per heavy atom. The summed E-state index contributed by atoms with van der Waals surface area (Å²) in [5.41, 5.74) is 1.20. The highest BCUT2D eigenvalue weighted by Crippen LogP contribution is 2.33. The van der Waals surface area contributed by atoms with E-state index in [1.807, 2.05) is 0 Å². The van der Waals surface area contributed by atoms with Crippen LogP contribution in [0.15, 0.2) is 18.2 Å². The van der Waals surface area contributed by atoms with E-state index >= 15 is 0 Å². The van der Waals surface area contributed by atoms with Gasteiger partial charge in [0.2, 0.25) is 0 Å². The first kappa shape index (κ1) is 13.9. The molecule has 0 saturated heterocycles. The molecule has 1 aliphatic rings. The average Bonchev–Trinajstić information content (AvgIpc) is 3.11. The van der Waals surface area contributed by atoms with Crippen molar-refractivity contribution in [2.45, 2.75) is 32.2 Å². The summed E-state index contributed by atoms with van der Waals surface area (Å²) in [5.74, 6) is -0.901. The molecular formula is C14H16ClNO3. The summed E-state index contributed by atoms with van der Waals surface area (Å²) in [4.78, 5) is 23.2. The third kappa shape index (κ3) is 3.70. The number of halogens is 1. The molecule has 1 amide bonds. The van der Waals surface area contributed by atoms with Crippen LogP contribution in [-0.4, -0.2) is 23.0 Å². The van der Waals surface area contributed by atoms with E-state index in [0.29, 0.717) is 22.9 Å². The van der Waals surface area contributed by atoms with Crippen LogP contribution in [0.2, 0.25) is 5.02 Å². The van der Waals surface area contributed by atoms with Gasteiger partial charge in [0.25, 0.3) is 5.91 Å². The first-order valence-electron chi connectivity index (χ1n) is 6.27. The molecule has 1 fully saturated rings. The number of hydrogen-bond acceptors (Lipinski definition) is 2. The third-order valence-electron chi connectivity index (χ3n) is 3.30. The smallest absolute Gasteiger partial charge is 0.326 e. The van der Waals surface area contributed by atoms with Crippen LogP contribution in [-0.2, 0) is 4.79 Å². The fraction of sp³-hybridized carbons (Fsp3) is 0.429. The Morgan fingerprint density at radius 1 is 1.47 bits per heavy atom. The van der Waals surface area contributed by atoms with Gasteiger partial charge in [-0.1, -0.05) is 24.4 Å². The molecule has 1 aromatic rings. The molecule has 0 aliphatic heterocycles. The van der Waals surface area contributed by atoms with Crippen molar-refractivity contribution in [3.05, 3.63) is 34.3 Å². The second kappa shape index (κ2) is 5.61. The van der Waals surface area contributed by atoms with E-state index < -0.39 is 12.0 Å². The van der Waals surface area contributed by atoms with Crippen molar-refractivity contribution in [2.24, 2.45) is 5.92 Å². The topological polar surface area (TPSA) is 66.4 Å². The van der Waals surface area contributed by atoms with Crippen molar-refractivity contribution in [3.8, 4) is 0 Å². The van der Waals surface area contributed by atoms with Crippen molar-refractivity contribution in [1.29, 1.82) is 0 Å². The molecule has 0 bridgehead atoms. The average molecular weight is 282 g/mol. The van der Waals surface area contributed by atoms with E-state index in [9.17, 15) is 9.59 Å². The molecular weight excluding hydrogens is 266 g/mol. The largest absolute Gasteiger partial charge is 0.480 e. The zero-order chi connectivity index (χ0) is 14.0. The number of carbonyl (C=O) groups excluding carboxylic acids is 1. The van der Waals surface area contributed by atoms with E-state index in [0.717, 1.165) is 18.4 Å². The summed E-state index contributed by atoms with van der Waals surface area (Å²) in [6.45, 7) is 1.78. The monoisotopic (exact) mass is 281 g/mol. The molecule has 1 saturated carbocycles. The lowest BCUT2D eigenvalue weighted by molar-refractivity contribution is -0.139. The minimum atomic E-state index is -0.980. The number of nitrogens with one attached hydrogen (secondary N) is 1. The molecule has 102 valence electrons. The summed E-state index contributed by atoms with van der Waals surface area (Å²) < 4.78 is 0. The van der Waals surface area contributed by atoms with Gasteiger partial charge in [0, 0.05) is 10.6 Å². The number of amides is 1. The van der Waals surface area contributed by atoms with Crippen molar-refractivity contribution in [3.63, 3.8) is 0 Å². The van der Waals surface area contributed by atoms with E-state index in [1.54, 1.807) is 25.1 Å². The molecule has 0 radical (unpaired) electrons. The lowest BCUT2D eigenvalue weighted by Crippen LogP contribution is -2.41. The van der Waals surface area contributed by atoms with Gasteiger partial charge in [0.1, 0.15) is 6.04 Å². The summed E-state index contributed by atoms with van der Waals surface area (Å²) in [5, 5.41) is 12.3. The molecule has 2 rings (SSSR count). The van der Waals surface area contributed by atoms with Crippen LogP contribution in [0.4, 0.5) is 0 Å². The van der Waals surface area contributed by atoms with Gasteiger partial charge >= 0.3 is 5.97 Å². The molecule has 4 nitrogen and oxygen atoms in total. The summed E-state index contributed by atoms with van der Waals surface area (Å²) >= 11 is 5.83. The molecule has 5 heteroatoms. The zero-order valence-electron chi connectivity index (χ0n) is 10.6. The molecule has 1 atom stereocenters. The molecule has 1 aromatic carbocycles. The molecule has 0 heterocycles. The number of carboxylic acids is 1. The van der Waals surface area contributed by atoms with Gasteiger partial charge in [0.15, 0.2) is 0 Å². The van der Waals surface area contributed by atoms with Gasteiger partial charge in [-0.3, -0.25) is 4.79 Å². The standard InChI is InChI=1S/C14H16ClNO3/c1-8-6-10(15)4-5-11(8)13(17)16-12(14(18)19)7-9-2-3-9/h4-6,9,12H,2-3,7H2,1H3,(H,16,17)(H,18,19). The molecule has 1 unspecified atom stereocenters. The molecule has 0 aromatic heterocycles. The lowest BCUT2D eigenvalue weighted by atomic mass is 10.1. The number of rotatable bonds is 5. The highest BCUT2D eigenvalue weighted by atomic mass is 35.5. The lowest BCUT2D eigenvalue weighted by Gasteiger charge is -2.15. The predicted molar refractivity (Wildman–Crippen MR) is 72.4 cm³/mol. The van der Waals surface area contributed by atoms with Crippen LogP contribution in [0, 0.1) is 12.8 Å². The van der Waals surface area contributed by atoms with Crippen LogP contribution < -0.4 is 5.32 Å². The van der Waals surface area contributed by atoms with Crippen molar-refractivity contribution >= 4 is 23.5 Å². The highest BCUT2D eigenvalue weighted by molar-refractivity contribution is 6.30. The van der Waals surface area contributed by atoms with Gasteiger partial charge < -0.3 is 10.4 Å². The van der Waals surface area contributed by atoms with Gasteiger partial charge in [-0.15, -0.1) is 0 Å². The van der Waals surface area contributed by atoms with Crippen LogP contribution in [0.25, 0.3) is 0 Å². The Bertz CT molecular complexity index is 511. The number of hydrogen-bond donors (Lipinski definition) is 2. The number of aryl methyl sites for hydroxylation is 1. The maximum absolute atomic E-state index is 12.1.